The molecule has 0 aromatic carbocycles. The number of nitrogens with zero attached hydrogens (tertiary/aromatic N) is 2. The van der Waals surface area contributed by atoms with E-state index in [0.717, 1.165) is 4.31 Å². The lowest BCUT2D eigenvalue weighted by molar-refractivity contribution is -0.164. The highest BCUT2D eigenvalue weighted by atomic mass is 32.1. The number of halogens is 5. The standard InChI is InChI=1S/C12H15F5N2S/c1-20-19-4-7(2-10(19)12(15,16)17)3-18-5-8-9(6-18)11(8,13)14/h1,7-10H,2-6H2. The summed E-state index contributed by atoms with van der Waals surface area (Å²) >= 11 is 0.613. The van der Waals surface area contributed by atoms with Crippen LogP contribution in [0.2, 0.25) is 0 Å². The molecule has 0 N–H and O–H groups in total. The van der Waals surface area contributed by atoms with Crippen molar-refractivity contribution in [2.45, 2.75) is 24.6 Å². The van der Waals surface area contributed by atoms with Gasteiger partial charge in [-0.3, -0.25) is 0 Å². The highest BCUT2D eigenvalue weighted by Crippen LogP contribution is 2.59. The first-order valence-electron chi connectivity index (χ1n) is 6.54. The zero-order valence-electron chi connectivity index (χ0n) is 10.6. The SMILES string of the molecule is C#SN1CC(CN2CC3C(C2)C3(F)F)CC1C(F)(F)F. The fourth-order valence-corrected chi connectivity index (χ4v) is 4.19. The van der Waals surface area contributed by atoms with Crippen LogP contribution in [0, 0.1) is 23.4 Å². The van der Waals surface area contributed by atoms with Gasteiger partial charge in [-0.25, -0.2) is 13.1 Å². The van der Waals surface area contributed by atoms with E-state index >= 15 is 0 Å². The quantitative estimate of drug-likeness (QED) is 0.571. The highest BCUT2D eigenvalue weighted by Gasteiger charge is 2.71. The maximum atomic E-state index is 13.1. The minimum Gasteiger partial charge on any atom is -0.302 e. The van der Waals surface area contributed by atoms with Crippen molar-refractivity contribution in [1.29, 1.82) is 0 Å². The molecule has 3 rings (SSSR count). The Hall–Kier alpha value is -0.430. The Balaban J connectivity index is 1.55. The van der Waals surface area contributed by atoms with Crippen molar-refractivity contribution in [3.05, 3.63) is 0 Å². The number of rotatable bonds is 2. The maximum absolute atomic E-state index is 13.1. The van der Waals surface area contributed by atoms with Gasteiger partial charge in [-0.15, -0.1) is 0 Å². The molecule has 0 bridgehead atoms. The van der Waals surface area contributed by atoms with E-state index in [1.54, 1.807) is 0 Å². The Labute approximate surface area is 117 Å². The first-order chi connectivity index (χ1) is 9.23. The molecule has 4 unspecified atom stereocenters. The fourth-order valence-electron chi connectivity index (χ4n) is 3.54. The smallest absolute Gasteiger partial charge is 0.302 e. The lowest BCUT2D eigenvalue weighted by Crippen LogP contribution is -2.36. The lowest BCUT2D eigenvalue weighted by Gasteiger charge is -2.22. The van der Waals surface area contributed by atoms with Gasteiger partial charge < -0.3 is 4.90 Å². The number of piperidine rings is 1. The summed E-state index contributed by atoms with van der Waals surface area (Å²) in [5.74, 6) is -3.87. The van der Waals surface area contributed by atoms with Gasteiger partial charge in [0.1, 0.15) is 6.04 Å². The van der Waals surface area contributed by atoms with E-state index in [1.165, 1.54) is 0 Å². The minimum atomic E-state index is -4.29. The zero-order valence-corrected chi connectivity index (χ0v) is 11.4. The summed E-state index contributed by atoms with van der Waals surface area (Å²) in [4.78, 5) is 1.87. The monoisotopic (exact) mass is 314 g/mol. The van der Waals surface area contributed by atoms with Crippen LogP contribution in [-0.2, 0) is 0 Å². The highest BCUT2D eigenvalue weighted by molar-refractivity contribution is 7.85. The molecule has 0 spiro atoms. The third-order valence-corrected chi connectivity index (χ3v) is 5.32. The average molecular weight is 314 g/mol. The largest absolute Gasteiger partial charge is 0.405 e. The Morgan fingerprint density at radius 1 is 1.15 bits per heavy atom. The predicted molar refractivity (Wildman–Crippen MR) is 65.6 cm³/mol. The molecule has 3 aliphatic rings. The number of likely N-dealkylation sites (tertiary alicyclic amines) is 1. The van der Waals surface area contributed by atoms with Gasteiger partial charge in [0.25, 0.3) is 5.92 Å². The van der Waals surface area contributed by atoms with Gasteiger partial charge in [-0.2, -0.15) is 13.2 Å². The second kappa shape index (κ2) is 4.53. The molecule has 4 atom stereocenters. The molecule has 8 heteroatoms. The van der Waals surface area contributed by atoms with Crippen LogP contribution in [0.3, 0.4) is 0 Å². The predicted octanol–water partition coefficient (Wildman–Crippen LogP) is 2.67. The normalized spacial score (nSPS) is 40.8. The minimum absolute atomic E-state index is 0.00404. The van der Waals surface area contributed by atoms with Gasteiger partial charge in [0.2, 0.25) is 0 Å². The van der Waals surface area contributed by atoms with Crippen molar-refractivity contribution in [2.75, 3.05) is 26.2 Å². The van der Waals surface area contributed by atoms with Crippen LogP contribution in [0.4, 0.5) is 22.0 Å². The molecule has 20 heavy (non-hydrogen) atoms. The Morgan fingerprint density at radius 3 is 2.20 bits per heavy atom. The molecule has 0 amide bonds. The van der Waals surface area contributed by atoms with Crippen LogP contribution in [0.5, 0.6) is 0 Å². The van der Waals surface area contributed by atoms with Crippen LogP contribution in [0.1, 0.15) is 6.42 Å². The average Bonchev–Trinajstić information content (AvgIpc) is 2.80. The summed E-state index contributed by atoms with van der Waals surface area (Å²) in [6.07, 6.45) is -4.29. The van der Waals surface area contributed by atoms with E-state index in [4.69, 9.17) is 5.69 Å². The van der Waals surface area contributed by atoms with E-state index in [9.17, 15) is 22.0 Å². The van der Waals surface area contributed by atoms with Crippen molar-refractivity contribution in [2.24, 2.45) is 17.8 Å². The summed E-state index contributed by atoms with van der Waals surface area (Å²) in [5, 5.41) is 0. The molecule has 0 radical (unpaired) electrons. The Bertz CT molecular complexity index is 432. The summed E-state index contributed by atoms with van der Waals surface area (Å²) in [6, 6.07) is -1.53. The summed E-state index contributed by atoms with van der Waals surface area (Å²) in [7, 11) is 0. The van der Waals surface area contributed by atoms with Crippen LogP contribution >= 0.6 is 11.4 Å². The molecule has 1 saturated carbocycles. The molecule has 2 aliphatic heterocycles. The summed E-state index contributed by atoms with van der Waals surface area (Å²) in [6.45, 7) is 1.32. The number of fused-ring (bicyclic) bond motifs is 1. The van der Waals surface area contributed by atoms with E-state index in [2.05, 4.69) is 0 Å². The number of hydrogen-bond acceptors (Lipinski definition) is 2. The van der Waals surface area contributed by atoms with Crippen LogP contribution in [0.25, 0.3) is 0 Å². The van der Waals surface area contributed by atoms with Gasteiger partial charge >= 0.3 is 6.18 Å². The van der Waals surface area contributed by atoms with Crippen molar-refractivity contribution < 1.29 is 22.0 Å². The van der Waals surface area contributed by atoms with Crippen molar-refractivity contribution in [3.8, 4) is 5.69 Å². The Kier molecular flexibility index (Phi) is 3.29. The van der Waals surface area contributed by atoms with Crippen molar-refractivity contribution >= 4 is 11.4 Å². The van der Waals surface area contributed by atoms with Crippen molar-refractivity contribution in [1.82, 2.24) is 9.21 Å². The fraction of sp³-hybridized carbons (Fsp3) is 0.917. The topological polar surface area (TPSA) is 6.48 Å². The molecule has 114 valence electrons. The van der Waals surface area contributed by atoms with Gasteiger partial charge in [0.15, 0.2) is 0 Å². The first-order valence-corrected chi connectivity index (χ1v) is 7.37. The van der Waals surface area contributed by atoms with Gasteiger partial charge in [0, 0.05) is 38.0 Å². The van der Waals surface area contributed by atoms with E-state index < -0.39 is 30.0 Å². The van der Waals surface area contributed by atoms with E-state index in [0.29, 0.717) is 31.0 Å². The third-order valence-electron chi connectivity index (χ3n) is 4.65. The molecule has 2 nitrogen and oxygen atoms in total. The molecular weight excluding hydrogens is 299 g/mol. The van der Waals surface area contributed by atoms with Crippen LogP contribution in [-0.4, -0.2) is 53.5 Å². The molecule has 0 aromatic heterocycles. The Morgan fingerprint density at radius 2 is 1.75 bits per heavy atom. The third kappa shape index (κ3) is 2.32. The summed E-state index contributed by atoms with van der Waals surface area (Å²) < 4.78 is 65.8. The molecule has 3 fully saturated rings. The van der Waals surface area contributed by atoms with E-state index in [-0.39, 0.29) is 18.9 Å². The van der Waals surface area contributed by atoms with Gasteiger partial charge in [0.05, 0.1) is 0 Å². The van der Waals surface area contributed by atoms with E-state index in [1.807, 2.05) is 4.90 Å². The lowest BCUT2D eigenvalue weighted by atomic mass is 10.0. The molecule has 2 saturated heterocycles. The molecule has 0 aromatic rings. The number of hydrogen-bond donors (Lipinski definition) is 0. The maximum Gasteiger partial charge on any atom is 0.405 e. The van der Waals surface area contributed by atoms with Gasteiger partial charge in [-0.1, -0.05) is 17.0 Å². The zero-order chi connectivity index (χ0) is 14.7. The molecule has 1 aliphatic carbocycles. The second-order valence-electron chi connectivity index (χ2n) is 5.97. The second-order valence-corrected chi connectivity index (χ2v) is 6.65. The summed E-state index contributed by atoms with van der Waals surface area (Å²) in [5.41, 5.74) is 5.29. The van der Waals surface area contributed by atoms with Crippen molar-refractivity contribution in [3.63, 3.8) is 0 Å². The first kappa shape index (κ1) is 14.5. The number of alkyl halides is 5. The molecular formula is C12H15F5N2S. The van der Waals surface area contributed by atoms with Crippen LogP contribution in [0.15, 0.2) is 0 Å². The van der Waals surface area contributed by atoms with Gasteiger partial charge in [-0.05, 0) is 12.3 Å². The van der Waals surface area contributed by atoms with Crippen LogP contribution < -0.4 is 0 Å². The molecule has 2 heterocycles.